The van der Waals surface area contributed by atoms with Crippen LogP contribution in [0.15, 0.2) is 0 Å². The molecule has 0 saturated heterocycles. The van der Waals surface area contributed by atoms with Crippen molar-refractivity contribution in [2.24, 2.45) is 5.73 Å². The Kier molecular flexibility index (Phi) is 11.9. The highest BCUT2D eigenvalue weighted by molar-refractivity contribution is 4.74. The van der Waals surface area contributed by atoms with E-state index in [-0.39, 0.29) is 5.54 Å². The van der Waals surface area contributed by atoms with Gasteiger partial charge < -0.3 is 11.1 Å². The SMILES string of the molecule is CCCCCCCCCCCCNCC(C)(C)N. The molecular formula is C16H36N2. The van der Waals surface area contributed by atoms with Gasteiger partial charge in [-0.1, -0.05) is 64.7 Å². The van der Waals surface area contributed by atoms with Crippen molar-refractivity contribution in [1.82, 2.24) is 5.32 Å². The van der Waals surface area contributed by atoms with Crippen molar-refractivity contribution < 1.29 is 0 Å². The van der Waals surface area contributed by atoms with Crippen LogP contribution >= 0.6 is 0 Å². The Morgan fingerprint density at radius 3 is 1.67 bits per heavy atom. The minimum absolute atomic E-state index is 0.0709. The zero-order valence-electron chi connectivity index (χ0n) is 13.1. The van der Waals surface area contributed by atoms with Crippen LogP contribution in [0.1, 0.15) is 85.0 Å². The summed E-state index contributed by atoms with van der Waals surface area (Å²) in [5, 5.41) is 3.43. The molecule has 0 radical (unpaired) electrons. The van der Waals surface area contributed by atoms with Gasteiger partial charge in [0, 0.05) is 12.1 Å². The van der Waals surface area contributed by atoms with E-state index in [1.54, 1.807) is 0 Å². The van der Waals surface area contributed by atoms with Gasteiger partial charge in [0.2, 0.25) is 0 Å². The van der Waals surface area contributed by atoms with Gasteiger partial charge in [-0.2, -0.15) is 0 Å². The lowest BCUT2D eigenvalue weighted by atomic mass is 10.1. The largest absolute Gasteiger partial charge is 0.324 e. The summed E-state index contributed by atoms with van der Waals surface area (Å²) < 4.78 is 0. The average Bonchev–Trinajstić information content (AvgIpc) is 2.29. The first-order valence-electron chi connectivity index (χ1n) is 8.06. The van der Waals surface area contributed by atoms with Crippen LogP contribution in [0, 0.1) is 0 Å². The van der Waals surface area contributed by atoms with E-state index in [1.165, 1.54) is 64.2 Å². The summed E-state index contributed by atoms with van der Waals surface area (Å²) >= 11 is 0. The highest BCUT2D eigenvalue weighted by atomic mass is 14.9. The fraction of sp³-hybridized carbons (Fsp3) is 1.00. The van der Waals surface area contributed by atoms with Gasteiger partial charge in [-0.05, 0) is 26.8 Å². The third kappa shape index (κ3) is 15.9. The minimum Gasteiger partial charge on any atom is -0.324 e. The van der Waals surface area contributed by atoms with E-state index in [0.717, 1.165) is 13.1 Å². The molecule has 18 heavy (non-hydrogen) atoms. The molecule has 0 rings (SSSR count). The molecule has 0 saturated carbocycles. The summed E-state index contributed by atoms with van der Waals surface area (Å²) in [4.78, 5) is 0. The van der Waals surface area contributed by atoms with Crippen molar-refractivity contribution in [2.45, 2.75) is 90.5 Å². The Balaban J connectivity index is 2.99. The van der Waals surface area contributed by atoms with Crippen LogP contribution in [0.5, 0.6) is 0 Å². The summed E-state index contributed by atoms with van der Waals surface area (Å²) in [6, 6.07) is 0. The van der Waals surface area contributed by atoms with Crippen LogP contribution in [0.4, 0.5) is 0 Å². The van der Waals surface area contributed by atoms with Gasteiger partial charge in [0.1, 0.15) is 0 Å². The lowest BCUT2D eigenvalue weighted by Gasteiger charge is -2.18. The lowest BCUT2D eigenvalue weighted by Crippen LogP contribution is -2.43. The summed E-state index contributed by atoms with van der Waals surface area (Å²) in [6.45, 7) is 8.46. The van der Waals surface area contributed by atoms with E-state index < -0.39 is 0 Å². The van der Waals surface area contributed by atoms with E-state index in [0.29, 0.717) is 0 Å². The van der Waals surface area contributed by atoms with E-state index in [9.17, 15) is 0 Å². The molecule has 0 unspecified atom stereocenters. The van der Waals surface area contributed by atoms with Crippen LogP contribution in [0.3, 0.4) is 0 Å². The number of unbranched alkanes of at least 4 members (excludes halogenated alkanes) is 9. The summed E-state index contributed by atoms with van der Waals surface area (Å²) in [7, 11) is 0. The number of rotatable bonds is 13. The van der Waals surface area contributed by atoms with E-state index in [4.69, 9.17) is 5.73 Å². The maximum atomic E-state index is 5.90. The molecule has 0 fully saturated rings. The number of nitrogens with one attached hydrogen (secondary N) is 1. The molecule has 3 N–H and O–H groups in total. The second kappa shape index (κ2) is 12.0. The van der Waals surface area contributed by atoms with Crippen molar-refractivity contribution in [2.75, 3.05) is 13.1 Å². The number of hydrogen-bond donors (Lipinski definition) is 2. The predicted octanol–water partition coefficient (Wildman–Crippen LogP) is 4.23. The molecule has 0 amide bonds. The Morgan fingerprint density at radius 1 is 0.778 bits per heavy atom. The maximum absolute atomic E-state index is 5.90. The first kappa shape index (κ1) is 17.9. The number of hydrogen-bond acceptors (Lipinski definition) is 2. The lowest BCUT2D eigenvalue weighted by molar-refractivity contribution is 0.457. The molecule has 0 bridgehead atoms. The minimum atomic E-state index is -0.0709. The fourth-order valence-corrected chi connectivity index (χ4v) is 2.15. The van der Waals surface area contributed by atoms with Crippen molar-refractivity contribution in [3.8, 4) is 0 Å². The van der Waals surface area contributed by atoms with Crippen LogP contribution in [0.25, 0.3) is 0 Å². The quantitative estimate of drug-likeness (QED) is 0.484. The second-order valence-corrected chi connectivity index (χ2v) is 6.35. The molecule has 2 nitrogen and oxygen atoms in total. The third-order valence-electron chi connectivity index (χ3n) is 3.29. The Bertz CT molecular complexity index is 161. The smallest absolute Gasteiger partial charge is 0.0223 e. The summed E-state index contributed by atoms with van der Waals surface area (Å²) in [5.74, 6) is 0. The fourth-order valence-electron chi connectivity index (χ4n) is 2.15. The van der Waals surface area contributed by atoms with E-state index >= 15 is 0 Å². The molecule has 110 valence electrons. The van der Waals surface area contributed by atoms with Crippen molar-refractivity contribution in [3.05, 3.63) is 0 Å². The molecule has 0 aromatic rings. The molecule has 2 heteroatoms. The highest BCUT2D eigenvalue weighted by Crippen LogP contribution is 2.10. The Morgan fingerprint density at radius 2 is 1.22 bits per heavy atom. The van der Waals surface area contributed by atoms with Crippen LogP contribution in [0.2, 0.25) is 0 Å². The topological polar surface area (TPSA) is 38.0 Å². The zero-order valence-corrected chi connectivity index (χ0v) is 13.1. The van der Waals surface area contributed by atoms with Gasteiger partial charge in [-0.25, -0.2) is 0 Å². The molecule has 0 aliphatic carbocycles. The van der Waals surface area contributed by atoms with Gasteiger partial charge in [0.25, 0.3) is 0 Å². The monoisotopic (exact) mass is 256 g/mol. The second-order valence-electron chi connectivity index (χ2n) is 6.35. The highest BCUT2D eigenvalue weighted by Gasteiger charge is 2.08. The van der Waals surface area contributed by atoms with Gasteiger partial charge in [-0.3, -0.25) is 0 Å². The van der Waals surface area contributed by atoms with Gasteiger partial charge in [0.05, 0.1) is 0 Å². The first-order valence-corrected chi connectivity index (χ1v) is 8.06. The van der Waals surface area contributed by atoms with Gasteiger partial charge in [0.15, 0.2) is 0 Å². The van der Waals surface area contributed by atoms with Crippen molar-refractivity contribution in [1.29, 1.82) is 0 Å². The molecule has 0 aliphatic rings. The standard InChI is InChI=1S/C16H36N2/c1-4-5-6-7-8-9-10-11-12-13-14-18-15-16(2,3)17/h18H,4-15,17H2,1-3H3. The Labute approximate surface area is 115 Å². The van der Waals surface area contributed by atoms with Gasteiger partial charge in [-0.15, -0.1) is 0 Å². The molecule has 0 aromatic heterocycles. The molecule has 0 spiro atoms. The summed E-state index contributed by atoms with van der Waals surface area (Å²) in [6.07, 6.45) is 14.0. The average molecular weight is 256 g/mol. The molecule has 0 heterocycles. The summed E-state index contributed by atoms with van der Waals surface area (Å²) in [5.41, 5.74) is 5.83. The van der Waals surface area contributed by atoms with Gasteiger partial charge >= 0.3 is 0 Å². The molecule has 0 atom stereocenters. The van der Waals surface area contributed by atoms with Crippen LogP contribution in [-0.2, 0) is 0 Å². The Hall–Kier alpha value is -0.0800. The van der Waals surface area contributed by atoms with Crippen LogP contribution in [-0.4, -0.2) is 18.6 Å². The molecule has 0 aliphatic heterocycles. The van der Waals surface area contributed by atoms with E-state index in [2.05, 4.69) is 26.1 Å². The third-order valence-corrected chi connectivity index (χ3v) is 3.29. The number of nitrogens with two attached hydrogens (primary N) is 1. The van der Waals surface area contributed by atoms with Crippen LogP contribution < -0.4 is 11.1 Å². The molecular weight excluding hydrogens is 220 g/mol. The van der Waals surface area contributed by atoms with Crippen molar-refractivity contribution >= 4 is 0 Å². The maximum Gasteiger partial charge on any atom is 0.0223 e. The normalized spacial score (nSPS) is 12.0. The predicted molar refractivity (Wildman–Crippen MR) is 83.0 cm³/mol. The first-order chi connectivity index (χ1) is 8.56. The van der Waals surface area contributed by atoms with Crippen molar-refractivity contribution in [3.63, 3.8) is 0 Å². The van der Waals surface area contributed by atoms with E-state index in [1.807, 2.05) is 0 Å². The molecule has 0 aromatic carbocycles. The zero-order chi connectivity index (χ0) is 13.7.